The lowest BCUT2D eigenvalue weighted by Crippen LogP contribution is -2.48. The molecule has 1 aliphatic heterocycles. The highest BCUT2D eigenvalue weighted by Crippen LogP contribution is 2.32. The first-order valence-electron chi connectivity index (χ1n) is 11.8. The quantitative estimate of drug-likeness (QED) is 0.441. The first-order valence-corrected chi connectivity index (χ1v) is 11.8. The van der Waals surface area contributed by atoms with Crippen LogP contribution >= 0.6 is 0 Å². The van der Waals surface area contributed by atoms with E-state index in [9.17, 15) is 18.0 Å². The fraction of sp³-hybridized carbons (Fsp3) is 0.423. The van der Waals surface area contributed by atoms with E-state index in [1.807, 2.05) is 29.2 Å². The molecule has 2 aromatic carbocycles. The number of carbonyl (C=O) groups is 1. The van der Waals surface area contributed by atoms with Crippen molar-refractivity contribution in [1.82, 2.24) is 19.9 Å². The van der Waals surface area contributed by atoms with Gasteiger partial charge >= 0.3 is 6.18 Å². The lowest BCUT2D eigenvalue weighted by molar-refractivity contribution is -0.137. The molecule has 9 heteroatoms. The highest BCUT2D eigenvalue weighted by molar-refractivity contribution is 5.76. The highest BCUT2D eigenvalue weighted by atomic mass is 19.4. The largest absolute Gasteiger partial charge is 0.416 e. The van der Waals surface area contributed by atoms with Crippen LogP contribution in [0.15, 0.2) is 53.1 Å². The molecule has 4 rings (SSSR count). The van der Waals surface area contributed by atoms with E-state index < -0.39 is 11.7 Å². The fourth-order valence-corrected chi connectivity index (χ4v) is 4.08. The van der Waals surface area contributed by atoms with Crippen LogP contribution in [0.25, 0.3) is 22.8 Å². The third-order valence-electron chi connectivity index (χ3n) is 6.40. The molecule has 1 saturated heterocycles. The summed E-state index contributed by atoms with van der Waals surface area (Å²) >= 11 is 0. The monoisotopic (exact) mass is 486 g/mol. The summed E-state index contributed by atoms with van der Waals surface area (Å²) in [6, 6.07) is 12.6. The Balaban J connectivity index is 1.39. The van der Waals surface area contributed by atoms with Gasteiger partial charge in [-0.3, -0.25) is 9.69 Å². The molecule has 0 N–H and O–H groups in total. The number of hydrogen-bond donors (Lipinski definition) is 0. The summed E-state index contributed by atoms with van der Waals surface area (Å²) in [4.78, 5) is 21.0. The van der Waals surface area contributed by atoms with E-state index in [-0.39, 0.29) is 17.4 Å². The molecule has 1 aliphatic rings. The molecule has 0 spiro atoms. The molecule has 6 nitrogen and oxygen atoms in total. The van der Waals surface area contributed by atoms with Crippen molar-refractivity contribution in [1.29, 1.82) is 0 Å². The van der Waals surface area contributed by atoms with Crippen LogP contribution < -0.4 is 0 Å². The molecule has 0 unspecified atom stereocenters. The summed E-state index contributed by atoms with van der Waals surface area (Å²) in [5.41, 5.74) is 1.24. The Morgan fingerprint density at radius 2 is 1.77 bits per heavy atom. The number of alkyl halides is 3. The van der Waals surface area contributed by atoms with Crippen LogP contribution in [0.3, 0.4) is 0 Å². The molecule has 1 aromatic heterocycles. The van der Waals surface area contributed by atoms with Gasteiger partial charge in [0, 0.05) is 50.3 Å². The number of nitrogens with zero attached hydrogens (tertiary/aromatic N) is 4. The summed E-state index contributed by atoms with van der Waals surface area (Å²) in [5.74, 6) is 0.992. The van der Waals surface area contributed by atoms with Gasteiger partial charge in [-0.2, -0.15) is 18.2 Å². The average molecular weight is 487 g/mol. The third kappa shape index (κ3) is 6.28. The Morgan fingerprint density at radius 1 is 1.06 bits per heavy atom. The molecule has 0 bridgehead atoms. The first-order chi connectivity index (χ1) is 16.7. The second kappa shape index (κ2) is 10.6. The average Bonchev–Trinajstić information content (AvgIpc) is 3.35. The molecule has 1 atom stereocenters. The standard InChI is InChI=1S/C26H29F3N4O2/c1-3-18(2)14-23(34)33-12-10-32(11-13-33)17-19-6-4-7-20(15-19)24-30-25(35-31-24)21-8-5-9-22(16-21)26(27,28)29/h4-9,15-16,18H,3,10-14,17H2,1-2H3/t18-/m1/s1. The summed E-state index contributed by atoms with van der Waals surface area (Å²) < 4.78 is 44.3. The Labute approximate surface area is 202 Å². The van der Waals surface area contributed by atoms with E-state index in [2.05, 4.69) is 28.9 Å². The molecular formula is C26H29F3N4O2. The van der Waals surface area contributed by atoms with Gasteiger partial charge in [-0.1, -0.05) is 49.7 Å². The van der Waals surface area contributed by atoms with Gasteiger partial charge in [0.2, 0.25) is 11.7 Å². The number of hydrogen-bond acceptors (Lipinski definition) is 5. The van der Waals surface area contributed by atoms with Crippen LogP contribution in [0, 0.1) is 5.92 Å². The van der Waals surface area contributed by atoms with Crippen LogP contribution in [-0.4, -0.2) is 52.0 Å². The lowest BCUT2D eigenvalue weighted by Gasteiger charge is -2.35. The maximum Gasteiger partial charge on any atom is 0.416 e. The number of piperazine rings is 1. The van der Waals surface area contributed by atoms with E-state index >= 15 is 0 Å². The minimum absolute atomic E-state index is 0.0367. The molecule has 1 fully saturated rings. The minimum Gasteiger partial charge on any atom is -0.340 e. The fourth-order valence-electron chi connectivity index (χ4n) is 4.08. The summed E-state index contributed by atoms with van der Waals surface area (Å²) in [6.07, 6.45) is -2.84. The third-order valence-corrected chi connectivity index (χ3v) is 6.40. The van der Waals surface area contributed by atoms with Crippen molar-refractivity contribution in [3.05, 3.63) is 59.7 Å². The maximum atomic E-state index is 13.0. The van der Waals surface area contributed by atoms with Gasteiger partial charge in [0.1, 0.15) is 0 Å². The molecule has 3 aromatic rings. The number of rotatable bonds is 7. The second-order valence-electron chi connectivity index (χ2n) is 9.08. The van der Waals surface area contributed by atoms with Gasteiger partial charge in [-0.05, 0) is 35.7 Å². The number of carbonyl (C=O) groups excluding carboxylic acids is 1. The maximum absolute atomic E-state index is 13.0. The van der Waals surface area contributed by atoms with Gasteiger partial charge < -0.3 is 9.42 Å². The lowest BCUT2D eigenvalue weighted by atomic mass is 10.0. The van der Waals surface area contributed by atoms with Crippen LogP contribution in [0.5, 0.6) is 0 Å². The second-order valence-corrected chi connectivity index (χ2v) is 9.08. The predicted octanol–water partition coefficient (Wildman–Crippen LogP) is 5.50. The Bertz CT molecular complexity index is 1150. The van der Waals surface area contributed by atoms with E-state index in [0.29, 0.717) is 18.2 Å². The van der Waals surface area contributed by atoms with Gasteiger partial charge in [0.05, 0.1) is 5.56 Å². The van der Waals surface area contributed by atoms with Crippen LogP contribution in [0.4, 0.5) is 13.2 Å². The molecule has 1 amide bonds. The smallest absolute Gasteiger partial charge is 0.340 e. The molecule has 0 saturated carbocycles. The Hall–Kier alpha value is -3.20. The van der Waals surface area contributed by atoms with Crippen molar-refractivity contribution in [3.63, 3.8) is 0 Å². The van der Waals surface area contributed by atoms with E-state index in [1.54, 1.807) is 0 Å². The SMILES string of the molecule is CC[C@@H](C)CC(=O)N1CCN(Cc2cccc(-c3noc(-c4cccc(C(F)(F)F)c4)n3)c2)CC1. The molecule has 35 heavy (non-hydrogen) atoms. The number of halogens is 3. The summed E-state index contributed by atoms with van der Waals surface area (Å²) in [6.45, 7) is 7.98. The topological polar surface area (TPSA) is 62.5 Å². The van der Waals surface area contributed by atoms with Gasteiger partial charge in [0.25, 0.3) is 5.89 Å². The summed E-state index contributed by atoms with van der Waals surface area (Å²) in [5, 5.41) is 3.98. The van der Waals surface area contributed by atoms with Crippen molar-refractivity contribution in [2.75, 3.05) is 26.2 Å². The van der Waals surface area contributed by atoms with Crippen molar-refractivity contribution < 1.29 is 22.5 Å². The van der Waals surface area contributed by atoms with Crippen molar-refractivity contribution >= 4 is 5.91 Å². The van der Waals surface area contributed by atoms with Crippen LogP contribution in [0.1, 0.15) is 37.8 Å². The molecule has 0 aliphatic carbocycles. The van der Waals surface area contributed by atoms with Crippen molar-refractivity contribution in [2.24, 2.45) is 5.92 Å². The zero-order valence-electron chi connectivity index (χ0n) is 19.9. The highest BCUT2D eigenvalue weighted by Gasteiger charge is 2.31. The molecule has 0 radical (unpaired) electrons. The van der Waals surface area contributed by atoms with Gasteiger partial charge in [-0.25, -0.2) is 0 Å². The molecular weight excluding hydrogens is 457 g/mol. The Kier molecular flexibility index (Phi) is 7.54. The first kappa shape index (κ1) is 24.9. The normalized spacial score (nSPS) is 15.9. The van der Waals surface area contributed by atoms with Gasteiger partial charge in [-0.15, -0.1) is 0 Å². The van der Waals surface area contributed by atoms with Crippen LogP contribution in [0.2, 0.25) is 0 Å². The van der Waals surface area contributed by atoms with Crippen molar-refractivity contribution in [3.8, 4) is 22.8 Å². The zero-order chi connectivity index (χ0) is 25.0. The summed E-state index contributed by atoms with van der Waals surface area (Å²) in [7, 11) is 0. The van der Waals surface area contributed by atoms with E-state index in [1.165, 1.54) is 12.1 Å². The van der Waals surface area contributed by atoms with Crippen LogP contribution in [-0.2, 0) is 17.5 Å². The number of amides is 1. The molecule has 2 heterocycles. The number of benzene rings is 2. The zero-order valence-corrected chi connectivity index (χ0v) is 19.9. The predicted molar refractivity (Wildman–Crippen MR) is 126 cm³/mol. The molecule has 186 valence electrons. The Morgan fingerprint density at radius 3 is 2.49 bits per heavy atom. The number of aromatic nitrogens is 2. The minimum atomic E-state index is -4.44. The van der Waals surface area contributed by atoms with E-state index in [4.69, 9.17) is 4.52 Å². The van der Waals surface area contributed by atoms with Gasteiger partial charge in [0.15, 0.2) is 0 Å². The van der Waals surface area contributed by atoms with E-state index in [0.717, 1.165) is 62.4 Å². The van der Waals surface area contributed by atoms with Crippen molar-refractivity contribution in [2.45, 2.75) is 39.4 Å².